The molecule has 0 bridgehead atoms. The first-order valence-corrected chi connectivity index (χ1v) is 9.60. The van der Waals surface area contributed by atoms with Crippen molar-refractivity contribution >= 4 is 17.8 Å². The average Bonchev–Trinajstić information content (AvgIpc) is 2.99. The smallest absolute Gasteiger partial charge is 0.325 e. The van der Waals surface area contributed by atoms with Gasteiger partial charge in [-0.1, -0.05) is 18.2 Å². The predicted molar refractivity (Wildman–Crippen MR) is 105 cm³/mol. The van der Waals surface area contributed by atoms with Gasteiger partial charge in [0.1, 0.15) is 11.4 Å². The first-order valence-electron chi connectivity index (χ1n) is 9.60. The minimum absolute atomic E-state index is 0.0658. The summed E-state index contributed by atoms with van der Waals surface area (Å²) in [5.74, 6) is -0.915. The Morgan fingerprint density at radius 3 is 2.50 bits per heavy atom. The Bertz CT molecular complexity index is 1050. The van der Waals surface area contributed by atoms with E-state index in [0.717, 1.165) is 4.90 Å². The second kappa shape index (κ2) is 7.59. The topological polar surface area (TPSA) is 93.5 Å². The molecule has 0 saturated carbocycles. The minimum atomic E-state index is -1.03. The number of hydrogen-bond donors (Lipinski definition) is 1. The van der Waals surface area contributed by atoms with Crippen LogP contribution in [0.3, 0.4) is 0 Å². The number of nitrogens with zero attached hydrogens (tertiary/aromatic N) is 3. The SMILES string of the molecule is N#Cc1cccc(C(=O)N2CCC3(CC2)NC(=O)N(Cc2ccc(F)cc2)C3=O)c1. The number of benzene rings is 2. The number of likely N-dealkylation sites (tertiary alicyclic amines) is 1. The van der Waals surface area contributed by atoms with Crippen LogP contribution in [0.25, 0.3) is 0 Å². The van der Waals surface area contributed by atoms with Gasteiger partial charge in [-0.2, -0.15) is 5.26 Å². The number of nitriles is 1. The van der Waals surface area contributed by atoms with E-state index in [9.17, 15) is 18.8 Å². The molecule has 0 aliphatic carbocycles. The molecule has 2 saturated heterocycles. The number of nitrogens with one attached hydrogen (secondary N) is 1. The van der Waals surface area contributed by atoms with Crippen LogP contribution in [0.1, 0.15) is 34.3 Å². The van der Waals surface area contributed by atoms with Crippen LogP contribution in [0, 0.1) is 17.1 Å². The van der Waals surface area contributed by atoms with Crippen molar-refractivity contribution in [3.63, 3.8) is 0 Å². The van der Waals surface area contributed by atoms with Crippen LogP contribution in [-0.2, 0) is 11.3 Å². The summed E-state index contributed by atoms with van der Waals surface area (Å²) in [7, 11) is 0. The van der Waals surface area contributed by atoms with Crippen molar-refractivity contribution in [2.45, 2.75) is 24.9 Å². The fourth-order valence-corrected chi connectivity index (χ4v) is 3.93. The van der Waals surface area contributed by atoms with Gasteiger partial charge in [-0.25, -0.2) is 9.18 Å². The molecule has 7 nitrogen and oxygen atoms in total. The Labute approximate surface area is 172 Å². The molecule has 2 aromatic rings. The summed E-state index contributed by atoms with van der Waals surface area (Å²) < 4.78 is 13.1. The number of halogens is 1. The maximum absolute atomic E-state index is 13.1. The van der Waals surface area contributed by atoms with Crippen LogP contribution in [0.5, 0.6) is 0 Å². The highest BCUT2D eigenvalue weighted by atomic mass is 19.1. The van der Waals surface area contributed by atoms with E-state index in [0.29, 0.717) is 42.6 Å². The van der Waals surface area contributed by atoms with E-state index in [1.807, 2.05) is 6.07 Å². The molecule has 30 heavy (non-hydrogen) atoms. The van der Waals surface area contributed by atoms with Crippen molar-refractivity contribution in [2.75, 3.05) is 13.1 Å². The van der Waals surface area contributed by atoms with Gasteiger partial charge >= 0.3 is 6.03 Å². The van der Waals surface area contributed by atoms with Crippen LogP contribution in [0.15, 0.2) is 48.5 Å². The molecule has 4 amide bonds. The summed E-state index contributed by atoms with van der Waals surface area (Å²) in [6.07, 6.45) is 0.613. The summed E-state index contributed by atoms with van der Waals surface area (Å²) in [5, 5.41) is 11.8. The lowest BCUT2D eigenvalue weighted by atomic mass is 9.87. The van der Waals surface area contributed by atoms with Crippen LogP contribution in [0.4, 0.5) is 9.18 Å². The third-order valence-corrected chi connectivity index (χ3v) is 5.64. The Morgan fingerprint density at radius 2 is 1.83 bits per heavy atom. The standard InChI is InChI=1S/C22H19FN4O3/c23-18-6-4-15(5-7-18)14-27-20(29)22(25-21(27)30)8-10-26(11-9-22)19(28)17-3-1-2-16(12-17)13-24/h1-7,12H,8-11,14H2,(H,25,30). The van der Waals surface area contributed by atoms with Crippen LogP contribution in [-0.4, -0.2) is 46.3 Å². The number of carbonyl (C=O) groups is 3. The zero-order chi connectivity index (χ0) is 21.3. The van der Waals surface area contributed by atoms with E-state index in [1.165, 1.54) is 24.3 Å². The first kappa shape index (κ1) is 19.6. The highest BCUT2D eigenvalue weighted by Crippen LogP contribution is 2.31. The predicted octanol–water partition coefficient (Wildman–Crippen LogP) is 2.42. The summed E-state index contributed by atoms with van der Waals surface area (Å²) in [4.78, 5) is 41.0. The molecule has 2 aliphatic rings. The lowest BCUT2D eigenvalue weighted by molar-refractivity contribution is -0.133. The largest absolute Gasteiger partial charge is 0.338 e. The monoisotopic (exact) mass is 406 g/mol. The molecule has 0 unspecified atom stereocenters. The Morgan fingerprint density at radius 1 is 1.13 bits per heavy atom. The zero-order valence-corrected chi connectivity index (χ0v) is 16.1. The molecule has 0 atom stereocenters. The van der Waals surface area contributed by atoms with Gasteiger partial charge in [0, 0.05) is 18.7 Å². The number of imide groups is 1. The van der Waals surface area contributed by atoms with Crippen molar-refractivity contribution in [2.24, 2.45) is 0 Å². The van der Waals surface area contributed by atoms with Crippen LogP contribution < -0.4 is 5.32 Å². The molecular formula is C22H19FN4O3. The molecule has 8 heteroatoms. The Balaban J connectivity index is 1.44. The minimum Gasteiger partial charge on any atom is -0.338 e. The van der Waals surface area contributed by atoms with Crippen molar-refractivity contribution in [3.05, 3.63) is 71.0 Å². The van der Waals surface area contributed by atoms with Gasteiger partial charge in [-0.3, -0.25) is 14.5 Å². The van der Waals surface area contributed by atoms with Crippen LogP contribution >= 0.6 is 0 Å². The molecule has 2 fully saturated rings. The quantitative estimate of drug-likeness (QED) is 0.793. The number of piperidine rings is 1. The first-order chi connectivity index (χ1) is 14.4. The molecule has 152 valence electrons. The molecule has 2 heterocycles. The van der Waals surface area contributed by atoms with E-state index in [4.69, 9.17) is 5.26 Å². The summed E-state index contributed by atoms with van der Waals surface area (Å²) in [6, 6.07) is 13.7. The van der Waals surface area contributed by atoms with Gasteiger partial charge in [0.15, 0.2) is 0 Å². The fraction of sp³-hybridized carbons (Fsp3) is 0.273. The number of carbonyl (C=O) groups excluding carboxylic acids is 3. The van der Waals surface area contributed by atoms with Gasteiger partial charge in [-0.05, 0) is 48.7 Å². The van der Waals surface area contributed by atoms with Gasteiger partial charge in [0.05, 0.1) is 18.2 Å². The van der Waals surface area contributed by atoms with Gasteiger partial charge in [0.25, 0.3) is 11.8 Å². The normalized spacial score (nSPS) is 17.7. The van der Waals surface area contributed by atoms with Crippen molar-refractivity contribution in [1.82, 2.24) is 15.1 Å². The van der Waals surface area contributed by atoms with Crippen molar-refractivity contribution < 1.29 is 18.8 Å². The molecule has 1 spiro atoms. The maximum Gasteiger partial charge on any atom is 0.325 e. The van der Waals surface area contributed by atoms with Gasteiger partial charge in [0.2, 0.25) is 0 Å². The van der Waals surface area contributed by atoms with E-state index in [-0.39, 0.29) is 24.2 Å². The Hall–Kier alpha value is -3.73. The van der Waals surface area contributed by atoms with E-state index < -0.39 is 11.6 Å². The van der Waals surface area contributed by atoms with Crippen molar-refractivity contribution in [1.29, 1.82) is 5.26 Å². The van der Waals surface area contributed by atoms with Gasteiger partial charge < -0.3 is 10.2 Å². The van der Waals surface area contributed by atoms with Crippen LogP contribution in [0.2, 0.25) is 0 Å². The van der Waals surface area contributed by atoms with Crippen molar-refractivity contribution in [3.8, 4) is 6.07 Å². The number of rotatable bonds is 3. The molecular weight excluding hydrogens is 387 g/mol. The van der Waals surface area contributed by atoms with E-state index >= 15 is 0 Å². The van der Waals surface area contributed by atoms with Gasteiger partial charge in [-0.15, -0.1) is 0 Å². The number of hydrogen-bond acceptors (Lipinski definition) is 4. The second-order valence-electron chi connectivity index (χ2n) is 7.51. The summed E-state index contributed by atoms with van der Waals surface area (Å²) >= 11 is 0. The summed E-state index contributed by atoms with van der Waals surface area (Å²) in [6.45, 7) is 0.689. The highest BCUT2D eigenvalue weighted by Gasteiger charge is 2.52. The Kier molecular flexibility index (Phi) is 4.96. The molecule has 0 aromatic heterocycles. The lowest BCUT2D eigenvalue weighted by Crippen LogP contribution is -2.55. The summed E-state index contributed by atoms with van der Waals surface area (Å²) in [5.41, 5.74) is 0.457. The number of amides is 4. The number of urea groups is 1. The average molecular weight is 406 g/mol. The zero-order valence-electron chi connectivity index (χ0n) is 16.1. The molecule has 2 aliphatic heterocycles. The second-order valence-corrected chi connectivity index (χ2v) is 7.51. The molecule has 4 rings (SSSR count). The third-order valence-electron chi connectivity index (χ3n) is 5.64. The van der Waals surface area contributed by atoms with E-state index in [1.54, 1.807) is 29.2 Å². The fourth-order valence-electron chi connectivity index (χ4n) is 3.93. The molecule has 2 aromatic carbocycles. The highest BCUT2D eigenvalue weighted by molar-refractivity contribution is 6.07. The molecule has 1 N–H and O–H groups in total. The molecule has 0 radical (unpaired) electrons. The lowest BCUT2D eigenvalue weighted by Gasteiger charge is -2.37. The third kappa shape index (κ3) is 3.50. The van der Waals surface area contributed by atoms with E-state index in [2.05, 4.69) is 5.32 Å². The maximum atomic E-state index is 13.1.